The molecule has 3 aromatic rings. The van der Waals surface area contributed by atoms with Gasteiger partial charge in [0.15, 0.2) is 5.79 Å². The summed E-state index contributed by atoms with van der Waals surface area (Å²) >= 11 is 0. The molecule has 1 aromatic heterocycles. The highest BCUT2D eigenvalue weighted by Gasteiger charge is 2.54. The third-order valence-corrected chi connectivity index (χ3v) is 8.04. The zero-order valence-electron chi connectivity index (χ0n) is 26.2. The van der Waals surface area contributed by atoms with Crippen LogP contribution in [0.4, 0.5) is 5.82 Å². The number of hydrogen-bond acceptors (Lipinski definition) is 8. The number of hydrogen-bond donors (Lipinski definition) is 0. The van der Waals surface area contributed by atoms with Gasteiger partial charge in [-0.25, -0.2) is 4.98 Å². The van der Waals surface area contributed by atoms with Crippen molar-refractivity contribution in [3.8, 4) is 17.5 Å². The molecule has 0 unspecified atom stereocenters. The second kappa shape index (κ2) is 12.1. The molecule has 0 bridgehead atoms. The fraction of sp³-hybridized carbons (Fsp3) is 0.529. The molecule has 2 aromatic carbocycles. The average molecular weight is 576 g/mol. The van der Waals surface area contributed by atoms with Crippen molar-refractivity contribution in [2.45, 2.75) is 97.0 Å². The molecule has 0 N–H and O–H groups in total. The summed E-state index contributed by atoms with van der Waals surface area (Å²) < 4.78 is 30.0. The van der Waals surface area contributed by atoms with Crippen LogP contribution in [0.1, 0.15) is 77.0 Å². The van der Waals surface area contributed by atoms with Gasteiger partial charge in [-0.2, -0.15) is 4.98 Å². The minimum Gasteiger partial charge on any atom is -0.497 e. The van der Waals surface area contributed by atoms with E-state index in [1.165, 1.54) is 0 Å². The molecule has 42 heavy (non-hydrogen) atoms. The number of nitrogens with zero attached hydrogens (tertiary/aromatic N) is 3. The Kier molecular flexibility index (Phi) is 8.67. The van der Waals surface area contributed by atoms with Crippen LogP contribution in [0.3, 0.4) is 0 Å². The van der Waals surface area contributed by atoms with Crippen molar-refractivity contribution < 1.29 is 23.7 Å². The first-order valence-corrected chi connectivity index (χ1v) is 14.9. The zero-order chi connectivity index (χ0) is 30.1. The maximum Gasteiger partial charge on any atom is 0.318 e. The van der Waals surface area contributed by atoms with Gasteiger partial charge < -0.3 is 28.6 Å². The Morgan fingerprint density at radius 2 is 1.43 bits per heavy atom. The fourth-order valence-electron chi connectivity index (χ4n) is 6.10. The second-order valence-electron chi connectivity index (χ2n) is 12.8. The van der Waals surface area contributed by atoms with Crippen LogP contribution in [0.5, 0.6) is 17.5 Å². The summed E-state index contributed by atoms with van der Waals surface area (Å²) in [7, 11) is 3.37. The van der Waals surface area contributed by atoms with Crippen molar-refractivity contribution in [1.82, 2.24) is 9.97 Å². The van der Waals surface area contributed by atoms with Gasteiger partial charge >= 0.3 is 6.01 Å². The van der Waals surface area contributed by atoms with E-state index in [2.05, 4.69) is 36.1 Å². The summed E-state index contributed by atoms with van der Waals surface area (Å²) in [5.74, 6) is 2.38. The fourth-order valence-corrected chi connectivity index (χ4v) is 6.10. The van der Waals surface area contributed by atoms with Crippen LogP contribution >= 0.6 is 0 Å². The first-order valence-electron chi connectivity index (χ1n) is 14.9. The number of aromatic nitrogens is 2. The average Bonchev–Trinajstić information content (AvgIpc) is 3.45. The van der Waals surface area contributed by atoms with Gasteiger partial charge in [0, 0.05) is 30.8 Å². The molecule has 2 aliphatic rings. The third-order valence-electron chi connectivity index (χ3n) is 8.04. The van der Waals surface area contributed by atoms with Crippen LogP contribution < -0.4 is 19.1 Å². The highest BCUT2D eigenvalue weighted by molar-refractivity contribution is 5.51. The summed E-state index contributed by atoms with van der Waals surface area (Å²) in [5, 5.41) is 0. The van der Waals surface area contributed by atoms with Gasteiger partial charge in [0.05, 0.1) is 26.4 Å². The standard InChI is InChI=1S/C34H45N3O5/c1-9-24-18-27(30-29(24)40-34(5,6)41-30)28-19-35-32(42-33(2,3)4)36-31(28)37(20-22-10-14-25(38-7)15-11-22)21-23-12-16-26(39-8)17-13-23/h10-17,19,24,27,29-30H,9,18,20-21H2,1-8H3/t24-,27-,29+,30-/m0/s1. The van der Waals surface area contributed by atoms with Gasteiger partial charge in [-0.3, -0.25) is 0 Å². The summed E-state index contributed by atoms with van der Waals surface area (Å²) in [6, 6.07) is 16.7. The van der Waals surface area contributed by atoms with Crippen molar-refractivity contribution in [1.29, 1.82) is 0 Å². The van der Waals surface area contributed by atoms with Crippen molar-refractivity contribution in [2.75, 3.05) is 19.1 Å². The molecule has 0 amide bonds. The number of rotatable bonds is 10. The van der Waals surface area contributed by atoms with E-state index < -0.39 is 11.4 Å². The highest BCUT2D eigenvalue weighted by atomic mass is 16.8. The lowest BCUT2D eigenvalue weighted by atomic mass is 9.95. The van der Waals surface area contributed by atoms with E-state index >= 15 is 0 Å². The van der Waals surface area contributed by atoms with Crippen molar-refractivity contribution >= 4 is 5.82 Å². The molecule has 1 saturated carbocycles. The summed E-state index contributed by atoms with van der Waals surface area (Å²) in [4.78, 5) is 12.1. The lowest BCUT2D eigenvalue weighted by molar-refractivity contribution is -0.158. The Morgan fingerprint density at radius 1 is 0.881 bits per heavy atom. The molecule has 1 aliphatic carbocycles. The number of fused-ring (bicyclic) bond motifs is 1. The van der Waals surface area contributed by atoms with Gasteiger partial charge in [-0.1, -0.05) is 37.6 Å². The minimum atomic E-state index is -0.621. The molecule has 8 heteroatoms. The lowest BCUT2D eigenvalue weighted by Crippen LogP contribution is -2.30. The molecule has 5 rings (SSSR count). The van der Waals surface area contributed by atoms with E-state index in [9.17, 15) is 0 Å². The van der Waals surface area contributed by atoms with Crippen molar-refractivity contribution in [3.05, 3.63) is 71.4 Å². The Bertz CT molecular complexity index is 1290. The van der Waals surface area contributed by atoms with Crippen LogP contribution in [0.2, 0.25) is 0 Å². The van der Waals surface area contributed by atoms with Gasteiger partial charge in [0.1, 0.15) is 22.9 Å². The van der Waals surface area contributed by atoms with Crippen LogP contribution in [-0.4, -0.2) is 47.8 Å². The third kappa shape index (κ3) is 6.81. The van der Waals surface area contributed by atoms with Gasteiger partial charge in [0.25, 0.3) is 0 Å². The quantitative estimate of drug-likeness (QED) is 0.258. The van der Waals surface area contributed by atoms with E-state index in [4.69, 9.17) is 33.7 Å². The molecular formula is C34H45N3O5. The zero-order valence-corrected chi connectivity index (χ0v) is 26.2. The van der Waals surface area contributed by atoms with Crippen LogP contribution in [0.25, 0.3) is 0 Å². The smallest absolute Gasteiger partial charge is 0.318 e. The Balaban J connectivity index is 1.59. The molecule has 226 valence electrons. The minimum absolute atomic E-state index is 0.0463. The van der Waals surface area contributed by atoms with E-state index in [1.54, 1.807) is 14.2 Å². The molecule has 1 saturated heterocycles. The first-order chi connectivity index (χ1) is 20.0. The molecule has 2 fully saturated rings. The largest absolute Gasteiger partial charge is 0.497 e. The van der Waals surface area contributed by atoms with E-state index in [0.717, 1.165) is 46.8 Å². The number of anilines is 1. The molecule has 4 atom stereocenters. The maximum absolute atomic E-state index is 6.55. The SMILES string of the molecule is CC[C@H]1C[C@@H](c2cnc(OC(C)(C)C)nc2N(Cc2ccc(OC)cc2)Cc2ccc(OC)cc2)[C@@H]2OC(C)(C)O[C@H]12. The van der Waals surface area contributed by atoms with E-state index in [0.29, 0.717) is 25.0 Å². The predicted octanol–water partition coefficient (Wildman–Crippen LogP) is 6.91. The lowest BCUT2D eigenvalue weighted by Gasteiger charge is -2.30. The molecule has 0 spiro atoms. The van der Waals surface area contributed by atoms with E-state index in [-0.39, 0.29) is 18.1 Å². The van der Waals surface area contributed by atoms with Crippen LogP contribution in [-0.2, 0) is 22.6 Å². The van der Waals surface area contributed by atoms with Crippen LogP contribution in [0.15, 0.2) is 54.7 Å². The summed E-state index contributed by atoms with van der Waals surface area (Å²) in [6.07, 6.45) is 3.92. The number of methoxy groups -OCH3 is 2. The van der Waals surface area contributed by atoms with Gasteiger partial charge in [-0.05, 0) is 82.3 Å². The molecule has 0 radical (unpaired) electrons. The predicted molar refractivity (Wildman–Crippen MR) is 163 cm³/mol. The van der Waals surface area contributed by atoms with E-state index in [1.807, 2.05) is 65.1 Å². The molecule has 8 nitrogen and oxygen atoms in total. The molecular weight excluding hydrogens is 530 g/mol. The first kappa shape index (κ1) is 30.1. The van der Waals surface area contributed by atoms with Crippen molar-refractivity contribution in [3.63, 3.8) is 0 Å². The Hall–Kier alpha value is -3.36. The van der Waals surface area contributed by atoms with Crippen LogP contribution in [0, 0.1) is 5.92 Å². The normalized spacial score (nSPS) is 23.0. The summed E-state index contributed by atoms with van der Waals surface area (Å²) in [5.41, 5.74) is 2.91. The van der Waals surface area contributed by atoms with Gasteiger partial charge in [-0.15, -0.1) is 0 Å². The second-order valence-corrected chi connectivity index (χ2v) is 12.8. The maximum atomic E-state index is 6.55. The highest BCUT2D eigenvalue weighted by Crippen LogP contribution is 2.51. The number of benzene rings is 2. The summed E-state index contributed by atoms with van der Waals surface area (Å²) in [6.45, 7) is 13.5. The topological polar surface area (TPSA) is 75.2 Å². The molecule has 1 aliphatic heterocycles. The Labute approximate surface area is 250 Å². The monoisotopic (exact) mass is 575 g/mol. The Morgan fingerprint density at radius 3 is 1.93 bits per heavy atom. The number of ether oxygens (including phenoxy) is 5. The molecule has 2 heterocycles. The van der Waals surface area contributed by atoms with Crippen molar-refractivity contribution in [2.24, 2.45) is 5.92 Å². The van der Waals surface area contributed by atoms with Gasteiger partial charge in [0.2, 0.25) is 0 Å².